The highest BCUT2D eigenvalue weighted by molar-refractivity contribution is 6.13. The molecule has 0 bridgehead atoms. The van der Waals surface area contributed by atoms with Crippen molar-refractivity contribution >= 4 is 34.2 Å². The number of nitrogens with zero attached hydrogens (tertiary/aromatic N) is 3. The summed E-state index contributed by atoms with van der Waals surface area (Å²) < 4.78 is 43.1. The molecule has 0 fully saturated rings. The van der Waals surface area contributed by atoms with Crippen molar-refractivity contribution in [3.63, 3.8) is 0 Å². The van der Waals surface area contributed by atoms with Gasteiger partial charge in [0.25, 0.3) is 5.91 Å². The van der Waals surface area contributed by atoms with Crippen LogP contribution in [0.1, 0.15) is 48.3 Å². The lowest BCUT2D eigenvalue weighted by atomic mass is 10.0. The normalized spacial score (nSPS) is 11.7. The third kappa shape index (κ3) is 4.93. The molecule has 0 aliphatic rings. The van der Waals surface area contributed by atoms with Gasteiger partial charge in [-0.1, -0.05) is 24.3 Å². The standard InChI is InChI=1S/C26H24F3N5O2/c1-14(2)34-24-20(13-30-34)19(12-23(32-24)18-8-6-5-7-15(18)3)25(36)33-22-10-9-17(31-16(4)35)11-21(22)26(27,28)29/h5-14H,1-4H3,(H,31,35)(H,33,36). The summed E-state index contributed by atoms with van der Waals surface area (Å²) in [6.07, 6.45) is -3.27. The maximum atomic E-state index is 13.8. The van der Waals surface area contributed by atoms with Crippen molar-refractivity contribution in [3.05, 3.63) is 71.4 Å². The molecular formula is C26H24F3N5O2. The van der Waals surface area contributed by atoms with Crippen molar-refractivity contribution in [2.75, 3.05) is 10.6 Å². The number of aromatic nitrogens is 3. The topological polar surface area (TPSA) is 88.9 Å². The van der Waals surface area contributed by atoms with E-state index in [1.54, 1.807) is 10.7 Å². The van der Waals surface area contributed by atoms with Crippen LogP contribution >= 0.6 is 0 Å². The molecule has 0 spiro atoms. The number of fused-ring (bicyclic) bond motifs is 1. The zero-order chi connectivity index (χ0) is 26.2. The Morgan fingerprint density at radius 1 is 1.03 bits per heavy atom. The molecule has 10 heteroatoms. The van der Waals surface area contributed by atoms with E-state index in [9.17, 15) is 22.8 Å². The lowest BCUT2D eigenvalue weighted by Gasteiger charge is -2.16. The van der Waals surface area contributed by atoms with Crippen LogP contribution in [0.15, 0.2) is 54.7 Å². The Bertz CT molecular complexity index is 1470. The summed E-state index contributed by atoms with van der Waals surface area (Å²) in [6.45, 7) is 6.94. The molecule has 0 atom stereocenters. The van der Waals surface area contributed by atoms with Gasteiger partial charge in [0.1, 0.15) is 0 Å². The molecule has 2 aromatic heterocycles. The van der Waals surface area contributed by atoms with E-state index in [2.05, 4.69) is 15.7 Å². The van der Waals surface area contributed by atoms with Crippen molar-refractivity contribution in [1.82, 2.24) is 14.8 Å². The number of halogens is 3. The summed E-state index contributed by atoms with van der Waals surface area (Å²) in [5.74, 6) is -1.25. The second-order valence-electron chi connectivity index (χ2n) is 8.68. The summed E-state index contributed by atoms with van der Waals surface area (Å²) in [5.41, 5.74) is 1.28. The maximum absolute atomic E-state index is 13.8. The van der Waals surface area contributed by atoms with E-state index in [-0.39, 0.29) is 17.3 Å². The molecule has 2 N–H and O–H groups in total. The number of nitrogens with one attached hydrogen (secondary N) is 2. The summed E-state index contributed by atoms with van der Waals surface area (Å²) in [7, 11) is 0. The van der Waals surface area contributed by atoms with Crippen LogP contribution in [0.2, 0.25) is 0 Å². The van der Waals surface area contributed by atoms with Crippen LogP contribution < -0.4 is 10.6 Å². The second kappa shape index (κ2) is 9.44. The highest BCUT2D eigenvalue weighted by Gasteiger charge is 2.34. The fourth-order valence-electron chi connectivity index (χ4n) is 3.94. The van der Waals surface area contributed by atoms with Gasteiger partial charge in [-0.05, 0) is 50.6 Å². The van der Waals surface area contributed by atoms with Crippen LogP contribution in [0.5, 0.6) is 0 Å². The second-order valence-corrected chi connectivity index (χ2v) is 8.68. The van der Waals surface area contributed by atoms with Crippen LogP contribution in [-0.2, 0) is 11.0 Å². The molecule has 186 valence electrons. The predicted molar refractivity (Wildman–Crippen MR) is 132 cm³/mol. The van der Waals surface area contributed by atoms with Gasteiger partial charge in [0, 0.05) is 24.2 Å². The van der Waals surface area contributed by atoms with Crippen LogP contribution in [0.25, 0.3) is 22.3 Å². The number of hydrogen-bond donors (Lipinski definition) is 2. The first-order chi connectivity index (χ1) is 17.0. The third-order valence-electron chi connectivity index (χ3n) is 5.62. The number of pyridine rings is 1. The van der Waals surface area contributed by atoms with E-state index < -0.39 is 29.2 Å². The predicted octanol–water partition coefficient (Wildman–Crippen LogP) is 6.22. The molecule has 2 amide bonds. The van der Waals surface area contributed by atoms with Gasteiger partial charge in [-0.25, -0.2) is 9.67 Å². The molecule has 2 aromatic carbocycles. The summed E-state index contributed by atoms with van der Waals surface area (Å²) in [4.78, 5) is 29.4. The fourth-order valence-corrected chi connectivity index (χ4v) is 3.94. The van der Waals surface area contributed by atoms with E-state index in [4.69, 9.17) is 4.98 Å². The number of alkyl halides is 3. The zero-order valence-corrected chi connectivity index (χ0v) is 20.1. The van der Waals surface area contributed by atoms with E-state index in [1.807, 2.05) is 45.0 Å². The first-order valence-electron chi connectivity index (χ1n) is 11.2. The van der Waals surface area contributed by atoms with Crippen molar-refractivity contribution in [3.8, 4) is 11.3 Å². The quantitative estimate of drug-likeness (QED) is 0.344. The number of carbonyl (C=O) groups is 2. The number of hydrogen-bond acceptors (Lipinski definition) is 4. The first kappa shape index (κ1) is 24.9. The molecule has 2 heterocycles. The molecule has 0 aliphatic carbocycles. The van der Waals surface area contributed by atoms with E-state index >= 15 is 0 Å². The lowest BCUT2D eigenvalue weighted by Crippen LogP contribution is -2.18. The number of amides is 2. The minimum Gasteiger partial charge on any atom is -0.326 e. The van der Waals surface area contributed by atoms with Crippen molar-refractivity contribution in [2.45, 2.75) is 39.9 Å². The average Bonchev–Trinajstić information content (AvgIpc) is 3.23. The van der Waals surface area contributed by atoms with Crippen LogP contribution in [0, 0.1) is 6.92 Å². The monoisotopic (exact) mass is 495 g/mol. The van der Waals surface area contributed by atoms with Gasteiger partial charge in [0.05, 0.1) is 34.1 Å². The lowest BCUT2D eigenvalue weighted by molar-refractivity contribution is -0.137. The Kier molecular flexibility index (Phi) is 6.53. The molecule has 0 saturated heterocycles. The average molecular weight is 496 g/mol. The van der Waals surface area contributed by atoms with Gasteiger partial charge in [0.2, 0.25) is 5.91 Å². The minimum absolute atomic E-state index is 0.0285. The Morgan fingerprint density at radius 2 is 1.75 bits per heavy atom. The molecule has 4 rings (SSSR count). The molecule has 0 radical (unpaired) electrons. The smallest absolute Gasteiger partial charge is 0.326 e. The van der Waals surface area contributed by atoms with E-state index in [1.165, 1.54) is 19.2 Å². The number of carbonyl (C=O) groups excluding carboxylic acids is 2. The van der Waals surface area contributed by atoms with Gasteiger partial charge in [-0.2, -0.15) is 18.3 Å². The zero-order valence-electron chi connectivity index (χ0n) is 20.1. The van der Waals surface area contributed by atoms with Gasteiger partial charge in [0.15, 0.2) is 5.65 Å². The first-order valence-corrected chi connectivity index (χ1v) is 11.2. The summed E-state index contributed by atoms with van der Waals surface area (Å²) >= 11 is 0. The highest BCUT2D eigenvalue weighted by Crippen LogP contribution is 2.37. The Morgan fingerprint density at radius 3 is 2.39 bits per heavy atom. The van der Waals surface area contributed by atoms with Crippen molar-refractivity contribution in [2.24, 2.45) is 0 Å². The Hall–Kier alpha value is -4.21. The third-order valence-corrected chi connectivity index (χ3v) is 5.62. The number of aryl methyl sites for hydroxylation is 1. The molecule has 7 nitrogen and oxygen atoms in total. The molecule has 0 unspecified atom stereocenters. The van der Waals surface area contributed by atoms with Gasteiger partial charge in [-0.3, -0.25) is 9.59 Å². The molecule has 36 heavy (non-hydrogen) atoms. The van der Waals surface area contributed by atoms with Gasteiger partial charge < -0.3 is 10.6 Å². The maximum Gasteiger partial charge on any atom is 0.418 e. The molecule has 0 saturated carbocycles. The fraction of sp³-hybridized carbons (Fsp3) is 0.231. The Balaban J connectivity index is 1.84. The molecule has 4 aromatic rings. The van der Waals surface area contributed by atoms with Crippen LogP contribution in [-0.4, -0.2) is 26.6 Å². The van der Waals surface area contributed by atoms with Gasteiger partial charge >= 0.3 is 6.18 Å². The minimum atomic E-state index is -4.76. The highest BCUT2D eigenvalue weighted by atomic mass is 19.4. The van der Waals surface area contributed by atoms with E-state index in [0.717, 1.165) is 23.3 Å². The van der Waals surface area contributed by atoms with Crippen LogP contribution in [0.3, 0.4) is 0 Å². The summed E-state index contributed by atoms with van der Waals surface area (Å²) in [6, 6.07) is 12.2. The van der Waals surface area contributed by atoms with Gasteiger partial charge in [-0.15, -0.1) is 0 Å². The Labute approximate surface area is 205 Å². The molecular weight excluding hydrogens is 471 g/mol. The van der Waals surface area contributed by atoms with Crippen molar-refractivity contribution in [1.29, 1.82) is 0 Å². The number of rotatable bonds is 5. The summed E-state index contributed by atoms with van der Waals surface area (Å²) in [5, 5.41) is 9.50. The molecule has 0 aliphatic heterocycles. The largest absolute Gasteiger partial charge is 0.418 e. The number of anilines is 2. The van der Waals surface area contributed by atoms with Crippen LogP contribution in [0.4, 0.5) is 24.5 Å². The SMILES string of the molecule is CC(=O)Nc1ccc(NC(=O)c2cc(-c3ccccc3C)nc3c2cnn3C(C)C)c(C(F)(F)F)c1. The number of benzene rings is 2. The van der Waals surface area contributed by atoms with Crippen molar-refractivity contribution < 1.29 is 22.8 Å². The van der Waals surface area contributed by atoms with E-state index in [0.29, 0.717) is 16.7 Å².